The number of Topliss-reactive ketones (excluding diaryl/α,β-unsaturated/α-hetero) is 1. The van der Waals surface area contributed by atoms with E-state index in [0.29, 0.717) is 44.9 Å². The number of ether oxygens (including phenoxy) is 2. The molecule has 0 aromatic heterocycles. The van der Waals surface area contributed by atoms with Crippen LogP contribution in [-0.4, -0.2) is 96.9 Å². The second-order valence-corrected chi connectivity index (χ2v) is 22.9. The van der Waals surface area contributed by atoms with E-state index in [4.69, 9.17) is 14.6 Å². The van der Waals surface area contributed by atoms with Gasteiger partial charge in [-0.25, -0.2) is 0 Å². The molecule has 0 aromatic carbocycles. The molecule has 0 aliphatic carbocycles. The van der Waals surface area contributed by atoms with Crippen LogP contribution in [-0.2, 0) is 52.6 Å². The van der Waals surface area contributed by atoms with E-state index in [9.17, 15) is 68.7 Å². The van der Waals surface area contributed by atoms with E-state index in [0.717, 1.165) is 148 Å². The molecule has 0 saturated heterocycles. The molecule has 6 N–H and O–H groups in total. The maximum absolute atomic E-state index is 13.1. The summed E-state index contributed by atoms with van der Waals surface area (Å²) >= 11 is 0. The molecule has 0 spiro atoms. The lowest BCUT2D eigenvalue weighted by Crippen LogP contribution is -2.26. The maximum Gasteiger partial charge on any atom is 0.307 e. The summed E-state index contributed by atoms with van der Waals surface area (Å²) in [5, 5.41) is 56.6. The van der Waals surface area contributed by atoms with Gasteiger partial charge in [0.2, 0.25) is 0 Å². The van der Waals surface area contributed by atoms with Crippen LogP contribution in [0.25, 0.3) is 0 Å². The fraction of sp³-hybridized carbons (Fsp3) is 0.696. The molecule has 0 fully saturated rings. The molecular weight excluding hydrogens is 1100 g/mol. The molecule has 7 atom stereocenters. The van der Waals surface area contributed by atoms with Crippen LogP contribution in [0.4, 0.5) is 0 Å². The smallest absolute Gasteiger partial charge is 0.307 e. The van der Waals surface area contributed by atoms with E-state index >= 15 is 0 Å². The average Bonchev–Trinajstić information content (AvgIpc) is 3.68. The van der Waals surface area contributed by atoms with Crippen molar-refractivity contribution >= 4 is 53.5 Å². The Balaban J connectivity index is 5.15. The average molecular weight is 1210 g/mol. The molecule has 0 heterocycles. The van der Waals surface area contributed by atoms with Gasteiger partial charge in [0, 0.05) is 25.7 Å². The Kier molecular flexibility index (Phi) is 50.4. The fourth-order valence-corrected chi connectivity index (χ4v) is 10.4. The first-order valence-electron chi connectivity index (χ1n) is 32.5. The molecule has 0 aliphatic rings. The van der Waals surface area contributed by atoms with E-state index in [1.54, 1.807) is 12.2 Å². The number of carboxylic acid groups (broad SMARTS) is 6. The van der Waals surface area contributed by atoms with Crippen molar-refractivity contribution in [3.05, 3.63) is 72.9 Å². The van der Waals surface area contributed by atoms with Crippen LogP contribution >= 0.6 is 0 Å². The van der Waals surface area contributed by atoms with E-state index in [-0.39, 0.29) is 55.8 Å². The Labute approximate surface area is 514 Å². The Morgan fingerprint density at radius 3 is 1.33 bits per heavy atom. The number of esters is 2. The van der Waals surface area contributed by atoms with Crippen LogP contribution in [0.1, 0.15) is 258 Å². The number of unbranched alkanes of at least 4 members (excludes halogenated alkanes) is 20. The monoisotopic (exact) mass is 1210 g/mol. The van der Waals surface area contributed by atoms with E-state index < -0.39 is 90.9 Å². The topological polar surface area (TPSA) is 293 Å². The first-order valence-corrected chi connectivity index (χ1v) is 32.5. The Morgan fingerprint density at radius 2 is 0.791 bits per heavy atom. The summed E-state index contributed by atoms with van der Waals surface area (Å²) in [6, 6.07) is 0. The third-order valence-electron chi connectivity index (χ3n) is 15.5. The highest BCUT2D eigenvalue weighted by molar-refractivity contribution is 5.80. The molecule has 7 unspecified atom stereocenters. The third kappa shape index (κ3) is 46.1. The van der Waals surface area contributed by atoms with Gasteiger partial charge in [0.05, 0.1) is 37.0 Å². The highest BCUT2D eigenvalue weighted by Crippen LogP contribution is 2.27. The molecule has 0 rings (SSSR count). The summed E-state index contributed by atoms with van der Waals surface area (Å²) in [6.45, 7) is 5.89. The second kappa shape index (κ2) is 54.3. The van der Waals surface area contributed by atoms with Gasteiger partial charge >= 0.3 is 47.8 Å². The van der Waals surface area contributed by atoms with Crippen LogP contribution in [0.3, 0.4) is 0 Å². The third-order valence-corrected chi connectivity index (χ3v) is 15.5. The van der Waals surface area contributed by atoms with E-state index in [2.05, 4.69) is 26.0 Å². The van der Waals surface area contributed by atoms with Crippen LogP contribution in [0, 0.1) is 35.5 Å². The Bertz CT molecular complexity index is 2080. The predicted octanol–water partition coefficient (Wildman–Crippen LogP) is 16.0. The highest BCUT2D eigenvalue weighted by atomic mass is 16.6. The minimum atomic E-state index is -1.13. The molecule has 17 nitrogen and oxygen atoms in total. The SMILES string of the molecule is CCCCCCCC(/C=C/CCCCCCC(=O)OC(CCC(=O)CCCCCCC/C=C\C/C=C\C=C\C(CC)C(CC(=O)O)C(=O)O)COC(=O)CCCCCCC/C=C\C=C\C(CCCCC)C(CC(=O)O)C(=O)O)C(CC(=O)O)C(=O)O. The van der Waals surface area contributed by atoms with Gasteiger partial charge < -0.3 is 40.1 Å². The summed E-state index contributed by atoms with van der Waals surface area (Å²) in [6.07, 6.45) is 46.8. The normalized spacial score (nSPS) is 14.5. The van der Waals surface area contributed by atoms with Crippen molar-refractivity contribution in [1.29, 1.82) is 0 Å². The number of ketones is 1. The molecule has 0 bridgehead atoms. The summed E-state index contributed by atoms with van der Waals surface area (Å²) in [4.78, 5) is 108. The van der Waals surface area contributed by atoms with Gasteiger partial charge in [0.25, 0.3) is 0 Å². The second-order valence-electron chi connectivity index (χ2n) is 22.9. The summed E-state index contributed by atoms with van der Waals surface area (Å²) in [5.74, 6) is -11.5. The molecule has 0 amide bonds. The van der Waals surface area contributed by atoms with Gasteiger partial charge in [0.1, 0.15) is 18.5 Å². The zero-order chi connectivity index (χ0) is 64.0. The lowest BCUT2D eigenvalue weighted by atomic mass is 9.84. The minimum Gasteiger partial charge on any atom is -0.481 e. The number of carbonyl (C=O) groups is 9. The van der Waals surface area contributed by atoms with Gasteiger partial charge in [-0.15, -0.1) is 0 Å². The molecule has 17 heteroatoms. The van der Waals surface area contributed by atoms with Crippen molar-refractivity contribution in [2.45, 2.75) is 264 Å². The maximum atomic E-state index is 13.1. The summed E-state index contributed by atoms with van der Waals surface area (Å²) in [7, 11) is 0. The quantitative estimate of drug-likeness (QED) is 0.0143. The van der Waals surface area contributed by atoms with Crippen molar-refractivity contribution in [2.75, 3.05) is 6.61 Å². The summed E-state index contributed by atoms with van der Waals surface area (Å²) in [5.41, 5.74) is 0. The highest BCUT2D eigenvalue weighted by Gasteiger charge is 2.30. The van der Waals surface area contributed by atoms with Gasteiger partial charge in [-0.1, -0.05) is 196 Å². The molecule has 0 saturated carbocycles. The van der Waals surface area contributed by atoms with Crippen LogP contribution in [0.5, 0.6) is 0 Å². The number of allylic oxidation sites excluding steroid dienone is 12. The minimum absolute atomic E-state index is 0.0587. The number of carbonyl (C=O) groups excluding carboxylic acids is 3. The first-order chi connectivity index (χ1) is 41.4. The Hall–Kier alpha value is -6.13. The largest absolute Gasteiger partial charge is 0.481 e. The van der Waals surface area contributed by atoms with Crippen LogP contribution < -0.4 is 0 Å². The number of hydrogen-bond acceptors (Lipinski definition) is 11. The van der Waals surface area contributed by atoms with Gasteiger partial charge in [-0.2, -0.15) is 0 Å². The summed E-state index contributed by atoms with van der Waals surface area (Å²) < 4.78 is 11.4. The standard InChI is InChI=1S/C69H110O17/c1-4-7-9-25-34-42-56(61(69(83)84)52-64(75)76)44-36-28-23-24-31-39-47-66(78)86-58(49-48-57(70)45-37-29-21-17-13-11-10-12-15-19-26-33-40-54(6-3)59(67(79)80)50-62(71)72)53-85-65(77)46-38-30-22-18-14-16-20-27-35-43-55(41-32-8-5-2)60(68(81)82)51-63(73)74/h10,12,19-20,26-27,33,35-36,40,43-44,54-56,58-61H,4-9,11,13-18,21-25,28-32,34,37-39,41-42,45-53H2,1-3H3,(H,71,72)(H,73,74)(H,75,76)(H,79,80)(H,81,82)(H,83,84)/b12-10-,26-19-,27-20-,40-33+,43-35+,44-36+. The zero-order valence-corrected chi connectivity index (χ0v) is 52.5. The van der Waals surface area contributed by atoms with Gasteiger partial charge in [-0.3, -0.25) is 43.2 Å². The van der Waals surface area contributed by atoms with Crippen molar-refractivity contribution in [2.24, 2.45) is 35.5 Å². The number of hydrogen-bond donors (Lipinski definition) is 6. The van der Waals surface area contributed by atoms with Crippen LogP contribution in [0.2, 0.25) is 0 Å². The molecule has 0 aliphatic heterocycles. The van der Waals surface area contributed by atoms with Crippen molar-refractivity contribution < 1.29 is 83.3 Å². The fourth-order valence-electron chi connectivity index (χ4n) is 10.4. The number of carboxylic acids is 6. The molecular formula is C69H110O17. The van der Waals surface area contributed by atoms with Gasteiger partial charge in [-0.05, 0) is 108 Å². The molecule has 488 valence electrons. The first kappa shape index (κ1) is 79.9. The van der Waals surface area contributed by atoms with Gasteiger partial charge in [0.15, 0.2) is 0 Å². The number of aliphatic carboxylic acids is 6. The lowest BCUT2D eigenvalue weighted by Gasteiger charge is -2.20. The van der Waals surface area contributed by atoms with E-state index in [1.165, 1.54) is 0 Å². The van der Waals surface area contributed by atoms with Crippen molar-refractivity contribution in [3.8, 4) is 0 Å². The van der Waals surface area contributed by atoms with E-state index in [1.807, 2.05) is 55.5 Å². The zero-order valence-electron chi connectivity index (χ0n) is 52.5. The predicted molar refractivity (Wildman–Crippen MR) is 335 cm³/mol. The molecule has 0 aromatic rings. The lowest BCUT2D eigenvalue weighted by molar-refractivity contribution is -0.160. The number of rotatable bonds is 59. The molecule has 0 radical (unpaired) electrons. The van der Waals surface area contributed by atoms with Crippen molar-refractivity contribution in [3.63, 3.8) is 0 Å². The van der Waals surface area contributed by atoms with Crippen LogP contribution in [0.15, 0.2) is 72.9 Å². The van der Waals surface area contributed by atoms with Crippen molar-refractivity contribution in [1.82, 2.24) is 0 Å². The molecule has 86 heavy (non-hydrogen) atoms. The Morgan fingerprint density at radius 1 is 0.372 bits per heavy atom.